The van der Waals surface area contributed by atoms with Crippen molar-refractivity contribution in [3.63, 3.8) is 0 Å². The topological polar surface area (TPSA) is 421 Å². The van der Waals surface area contributed by atoms with Crippen molar-refractivity contribution in [2.45, 2.75) is 358 Å². The van der Waals surface area contributed by atoms with Gasteiger partial charge in [0.05, 0.1) is 107 Å². The Morgan fingerprint density at radius 2 is 0.810 bits per heavy atom. The summed E-state index contributed by atoms with van der Waals surface area (Å²) in [6.45, 7) is 35.9. The summed E-state index contributed by atoms with van der Waals surface area (Å²) >= 11 is 0. The van der Waals surface area contributed by atoms with E-state index in [0.29, 0.717) is 39.0 Å². The van der Waals surface area contributed by atoms with Gasteiger partial charge in [-0.2, -0.15) is 0 Å². The van der Waals surface area contributed by atoms with Crippen LogP contribution >= 0.6 is 0 Å². The van der Waals surface area contributed by atoms with Crippen molar-refractivity contribution in [3.05, 3.63) is 24.3 Å². The van der Waals surface area contributed by atoms with Crippen molar-refractivity contribution < 1.29 is 127 Å². The molecule has 0 aromatic rings. The molecule has 6 aliphatic heterocycles. The first-order valence-electron chi connectivity index (χ1n) is 42.2. The summed E-state index contributed by atoms with van der Waals surface area (Å²) in [5.74, 6) is -8.83. The van der Waals surface area contributed by atoms with E-state index in [0.717, 1.165) is 0 Å². The summed E-state index contributed by atoms with van der Waals surface area (Å²) in [4.78, 5) is 45.1. The van der Waals surface area contributed by atoms with E-state index in [9.17, 15) is 60.7 Å². The van der Waals surface area contributed by atoms with Gasteiger partial charge in [-0.25, -0.2) is 0 Å². The van der Waals surface area contributed by atoms with Crippen LogP contribution in [0.4, 0.5) is 0 Å². The van der Waals surface area contributed by atoms with Gasteiger partial charge in [-0.15, -0.1) is 0 Å². The maximum atomic E-state index is 14.7. The van der Waals surface area contributed by atoms with Crippen LogP contribution in [0.2, 0.25) is 0 Å². The Labute approximate surface area is 690 Å². The molecule has 0 amide bonds. The number of cyclic esters (lactones) is 2. The van der Waals surface area contributed by atoms with Crippen molar-refractivity contribution in [3.8, 4) is 0 Å². The molecule has 4 unspecified atom stereocenters. The van der Waals surface area contributed by atoms with Crippen LogP contribution in [0.25, 0.3) is 0 Å². The Morgan fingerprint density at radius 3 is 1.12 bits per heavy atom. The zero-order chi connectivity index (χ0) is 87.2. The lowest BCUT2D eigenvalue weighted by Crippen LogP contribution is -2.61. The number of likely N-dealkylation sites (N-methyl/N-ethyl adjacent to an activating group) is 2. The average molecular weight is 1660 g/mol. The average Bonchev–Trinajstić information content (AvgIpc) is 0.773. The van der Waals surface area contributed by atoms with Crippen LogP contribution in [0.1, 0.15) is 190 Å². The molecule has 6 rings (SSSR count). The van der Waals surface area contributed by atoms with Gasteiger partial charge in [0, 0.05) is 101 Å². The van der Waals surface area contributed by atoms with Crippen molar-refractivity contribution in [2.75, 3.05) is 81.8 Å². The van der Waals surface area contributed by atoms with Gasteiger partial charge in [-0.3, -0.25) is 9.59 Å². The fraction of sp³-hybridized carbons (Fsp3) is 0.905. The molecule has 36 atom stereocenters. The second kappa shape index (κ2) is 43.6. The molecule has 6 saturated heterocycles. The van der Waals surface area contributed by atoms with Gasteiger partial charge >= 0.3 is 11.9 Å². The Hall–Kier alpha value is -3.60. The third kappa shape index (κ3) is 25.1. The van der Waals surface area contributed by atoms with E-state index in [-0.39, 0.29) is 87.5 Å². The maximum Gasteiger partial charge on any atom is 0.311 e. The monoisotopic (exact) mass is 1660 g/mol. The second-order valence-corrected chi connectivity index (χ2v) is 36.1. The van der Waals surface area contributed by atoms with E-state index >= 15 is 0 Å². The van der Waals surface area contributed by atoms with E-state index in [1.807, 2.05) is 77.8 Å². The Kier molecular flexibility index (Phi) is 38.1. The van der Waals surface area contributed by atoms with Crippen LogP contribution in [-0.2, 0) is 76.1 Å². The van der Waals surface area contributed by atoms with Gasteiger partial charge < -0.3 is 138 Å². The molecule has 0 saturated carbocycles. The van der Waals surface area contributed by atoms with E-state index in [2.05, 4.69) is 20.9 Å². The number of hydrogen-bond donors (Lipinski definition) is 12. The minimum absolute atomic E-state index is 0.00255. The molecule has 6 fully saturated rings. The zero-order valence-electron chi connectivity index (χ0n) is 74.3. The van der Waals surface area contributed by atoms with Gasteiger partial charge in [-0.05, 0) is 162 Å². The molecule has 32 heteroatoms. The largest absolute Gasteiger partial charge is 0.459 e. The van der Waals surface area contributed by atoms with Crippen LogP contribution in [0.15, 0.2) is 34.6 Å². The number of ether oxygens (including phenoxy) is 12. The molecule has 0 spiro atoms. The van der Waals surface area contributed by atoms with Crippen LogP contribution in [0.3, 0.4) is 0 Å². The van der Waals surface area contributed by atoms with E-state index in [1.54, 1.807) is 109 Å². The predicted octanol–water partition coefficient (Wildman–Crippen LogP) is 4.48. The Morgan fingerprint density at radius 1 is 0.474 bits per heavy atom. The van der Waals surface area contributed by atoms with Crippen molar-refractivity contribution in [1.29, 1.82) is 0 Å². The first-order chi connectivity index (χ1) is 54.0. The third-order valence-corrected chi connectivity index (χ3v) is 25.7. The molecule has 0 aliphatic carbocycles. The van der Waals surface area contributed by atoms with E-state index in [4.69, 9.17) is 66.5 Å². The minimum Gasteiger partial charge on any atom is -0.459 e. The maximum absolute atomic E-state index is 14.7. The lowest BCUT2D eigenvalue weighted by Gasteiger charge is -2.49. The number of carbonyl (C=O) groups excluding carboxylic acids is 2. The molecule has 116 heavy (non-hydrogen) atoms. The standard InChI is InChI=1S/C84H152N6O26/c1-27-59-83(19,101)69(93)49(7)63(45(3)41-79(15,99)73(115-77-65(91)57(89(21)22)39-47(5)107-77)51(9)67(53(11)75(97)111-59)113-61-43-81(17,103-25)71(95)55(13)109-61)87-105-37-31-29-33-85-35-36-86-34-30-32-38-106-88-64-46(4)42-80(16,100)74(116-78-66(92)58(90(23)24)40-48(6)108-78)52(10)68(114-62-44-82(18,104-26)72(96)56(14)110-62)54(12)76(98)112-60(28-2)84(20,102)70(94)50(64)8/h29-32,45-62,65-74,77-78,85-86,91-96,99-102H,27-28,33-44H2,1-26H3/b31-29+,32-30+,87-63+,88-64+/t45-,46+,47-,48+,49-,50+,51-,52-,53+,54+,55+,56-,57+,58-,59+,60-,61?,62?,65-,66+,67-,68-,69-,70+,71+,72-,73-,74+,77?,78?,79-,80+,81-,82+,83-,84+/m0/s1. The number of carbonyl (C=O) groups is 2. The number of esters is 2. The van der Waals surface area contributed by atoms with Crippen molar-refractivity contribution in [1.82, 2.24) is 20.4 Å². The molecule has 0 bridgehead atoms. The summed E-state index contributed by atoms with van der Waals surface area (Å²) in [7, 11) is 10.4. The Balaban J connectivity index is 1.15. The SMILES string of the molecule is CC[C@@H]1OC(=O)[C@H](C)[C@@H](OC2C[C@@](C)(OC)[C@@H](O)[C@H](C)O2)[C@H](C)[C@@H](OC2O[C@H](C)C[C@H](N(C)C)[C@H]2O)[C@](C)(O)C[C@@H](C)/C(=N\OC/C=C/CNCCNC/C=C/CO/N=C2\[C@@H](C)C[C@](C)(O)[C@@H](OC3O[C@@H](C)C[C@@H](N(C)C)[C@@H]3O)[C@@H](C)[C@H](OC3C[C@](C)(OC)[C@H](O)[C@@H](C)O3)[C@@H](C)C(=O)O[C@H](CC)[C@](C)(O)[C@@H](O)[C@H]2C)[C@@H](C)[C@@H](O)[C@]1(C)O. The minimum atomic E-state index is -2.04. The highest BCUT2D eigenvalue weighted by atomic mass is 16.7. The fourth-order valence-electron chi connectivity index (χ4n) is 18.3. The lowest BCUT2D eigenvalue weighted by atomic mass is 9.73. The number of rotatable bonds is 27. The normalized spacial score (nSPS) is 46.1. The number of nitrogens with zero attached hydrogens (tertiary/aromatic N) is 4. The molecule has 0 aromatic heterocycles. The van der Waals surface area contributed by atoms with Crippen LogP contribution < -0.4 is 10.6 Å². The van der Waals surface area contributed by atoms with E-state index in [1.165, 1.54) is 28.1 Å². The van der Waals surface area contributed by atoms with Gasteiger partial charge in [-0.1, -0.05) is 77.9 Å². The highest BCUT2D eigenvalue weighted by Crippen LogP contribution is 2.45. The number of methoxy groups -OCH3 is 2. The summed E-state index contributed by atoms with van der Waals surface area (Å²) in [5.41, 5.74) is -9.40. The fourth-order valence-corrected chi connectivity index (χ4v) is 18.3. The number of aliphatic hydroxyl groups is 10. The summed E-state index contributed by atoms with van der Waals surface area (Å²) in [6, 6.07) is -0.760. The number of nitrogens with one attached hydrogen (secondary N) is 2. The molecule has 12 N–H and O–H groups in total. The first kappa shape index (κ1) is 101. The van der Waals surface area contributed by atoms with Crippen molar-refractivity contribution >= 4 is 23.4 Å². The summed E-state index contributed by atoms with van der Waals surface area (Å²) < 4.78 is 76.5. The van der Waals surface area contributed by atoms with Gasteiger partial charge in [0.15, 0.2) is 25.2 Å². The van der Waals surface area contributed by atoms with Crippen molar-refractivity contribution in [2.24, 2.45) is 57.7 Å². The number of oxime groups is 2. The van der Waals surface area contributed by atoms with Crippen LogP contribution in [-0.4, -0.2) is 335 Å². The third-order valence-electron chi connectivity index (χ3n) is 25.7. The summed E-state index contributed by atoms with van der Waals surface area (Å²) in [6.07, 6.45) is -13.2. The summed E-state index contributed by atoms with van der Waals surface area (Å²) in [5, 5.41) is 137. The predicted molar refractivity (Wildman–Crippen MR) is 433 cm³/mol. The molecule has 32 nitrogen and oxygen atoms in total. The van der Waals surface area contributed by atoms with Crippen LogP contribution in [0, 0.1) is 47.3 Å². The Bertz CT molecular complexity index is 2930. The van der Waals surface area contributed by atoms with Gasteiger partial charge in [0.25, 0.3) is 0 Å². The molecule has 0 radical (unpaired) electrons. The second-order valence-electron chi connectivity index (χ2n) is 36.1. The molecule has 0 aromatic carbocycles. The van der Waals surface area contributed by atoms with Gasteiger partial charge in [0.2, 0.25) is 0 Å². The highest BCUT2D eigenvalue weighted by molar-refractivity contribution is 5.89. The molecule has 674 valence electrons. The number of aliphatic hydroxyl groups excluding tert-OH is 6. The zero-order valence-corrected chi connectivity index (χ0v) is 74.3. The van der Waals surface area contributed by atoms with E-state index < -0.39 is 204 Å². The highest BCUT2D eigenvalue weighted by Gasteiger charge is 2.57. The molecule has 6 heterocycles. The molecular weight excluding hydrogens is 1510 g/mol. The number of hydrogen-bond acceptors (Lipinski definition) is 32. The molecule has 6 aliphatic rings. The van der Waals surface area contributed by atoms with Crippen LogP contribution in [0.5, 0.6) is 0 Å². The quantitative estimate of drug-likeness (QED) is 0.0233. The van der Waals surface area contributed by atoms with Gasteiger partial charge in [0.1, 0.15) is 61.0 Å². The lowest BCUT2D eigenvalue weighted by molar-refractivity contribution is -0.318. The first-order valence-corrected chi connectivity index (χ1v) is 42.2. The molecular formula is C84H152N6O26. The smallest absolute Gasteiger partial charge is 0.311 e.